The Morgan fingerprint density at radius 3 is 2.76 bits per heavy atom. The molecular formula is C10H15N3O4. The highest BCUT2D eigenvalue weighted by molar-refractivity contribution is 5.91. The molecule has 1 amide bonds. The Bertz CT molecular complexity index is 463. The minimum atomic E-state index is -0.726. The summed E-state index contributed by atoms with van der Waals surface area (Å²) < 4.78 is 0. The van der Waals surface area contributed by atoms with E-state index in [4.69, 9.17) is 0 Å². The lowest BCUT2D eigenvalue weighted by Gasteiger charge is -2.08. The summed E-state index contributed by atoms with van der Waals surface area (Å²) in [6.07, 6.45) is 0.571. The van der Waals surface area contributed by atoms with Crippen molar-refractivity contribution in [2.45, 2.75) is 25.9 Å². The second-order valence-electron chi connectivity index (χ2n) is 3.61. The summed E-state index contributed by atoms with van der Waals surface area (Å²) in [5, 5.41) is 11.8. The SMILES string of the molecule is CCC(O)CCNC(=O)c1cc(=O)[nH]c(=O)[nH]1. The van der Waals surface area contributed by atoms with Crippen molar-refractivity contribution in [3.05, 3.63) is 32.6 Å². The number of aliphatic hydroxyl groups is 1. The van der Waals surface area contributed by atoms with Gasteiger partial charge < -0.3 is 15.4 Å². The molecular weight excluding hydrogens is 226 g/mol. The molecule has 1 unspecified atom stereocenters. The van der Waals surface area contributed by atoms with E-state index in [0.717, 1.165) is 6.07 Å². The van der Waals surface area contributed by atoms with Crippen molar-refractivity contribution < 1.29 is 9.90 Å². The van der Waals surface area contributed by atoms with Crippen molar-refractivity contribution in [2.75, 3.05) is 6.54 Å². The number of hydrogen-bond acceptors (Lipinski definition) is 4. The summed E-state index contributed by atoms with van der Waals surface area (Å²) in [6.45, 7) is 2.11. The fourth-order valence-corrected chi connectivity index (χ4v) is 1.24. The van der Waals surface area contributed by atoms with E-state index in [1.165, 1.54) is 0 Å². The summed E-state index contributed by atoms with van der Waals surface area (Å²) in [5.41, 5.74) is -1.45. The lowest BCUT2D eigenvalue weighted by atomic mass is 10.2. The number of aromatic nitrogens is 2. The molecule has 1 heterocycles. The number of nitrogens with one attached hydrogen (secondary N) is 3. The van der Waals surface area contributed by atoms with Crippen LogP contribution in [0.1, 0.15) is 30.3 Å². The highest BCUT2D eigenvalue weighted by Crippen LogP contribution is 1.95. The average molecular weight is 241 g/mol. The van der Waals surface area contributed by atoms with Gasteiger partial charge in [-0.05, 0) is 12.8 Å². The highest BCUT2D eigenvalue weighted by Gasteiger charge is 2.08. The van der Waals surface area contributed by atoms with Crippen LogP contribution in [0.25, 0.3) is 0 Å². The second-order valence-corrected chi connectivity index (χ2v) is 3.61. The van der Waals surface area contributed by atoms with Crippen LogP contribution in [-0.4, -0.2) is 33.6 Å². The molecule has 0 aromatic carbocycles. The van der Waals surface area contributed by atoms with Gasteiger partial charge in [-0.25, -0.2) is 4.79 Å². The van der Waals surface area contributed by atoms with Crippen LogP contribution in [0.2, 0.25) is 0 Å². The van der Waals surface area contributed by atoms with E-state index >= 15 is 0 Å². The Morgan fingerprint density at radius 2 is 2.18 bits per heavy atom. The molecule has 0 saturated heterocycles. The molecule has 0 saturated carbocycles. The Morgan fingerprint density at radius 1 is 1.47 bits per heavy atom. The zero-order chi connectivity index (χ0) is 12.8. The minimum Gasteiger partial charge on any atom is -0.393 e. The smallest absolute Gasteiger partial charge is 0.326 e. The fourth-order valence-electron chi connectivity index (χ4n) is 1.24. The Labute approximate surface area is 96.9 Å². The average Bonchev–Trinajstić information content (AvgIpc) is 2.27. The van der Waals surface area contributed by atoms with Crippen LogP contribution >= 0.6 is 0 Å². The van der Waals surface area contributed by atoms with E-state index in [9.17, 15) is 19.5 Å². The topological polar surface area (TPSA) is 115 Å². The number of carbonyl (C=O) groups excluding carboxylic acids is 1. The Hall–Kier alpha value is -1.89. The Kier molecular flexibility index (Phi) is 4.65. The van der Waals surface area contributed by atoms with E-state index in [0.29, 0.717) is 12.8 Å². The van der Waals surface area contributed by atoms with Crippen molar-refractivity contribution in [3.8, 4) is 0 Å². The summed E-state index contributed by atoms with van der Waals surface area (Å²) in [5.74, 6) is -0.545. The third-order valence-electron chi connectivity index (χ3n) is 2.24. The van der Waals surface area contributed by atoms with Crippen LogP contribution in [0.4, 0.5) is 0 Å². The van der Waals surface area contributed by atoms with E-state index in [1.54, 1.807) is 0 Å². The lowest BCUT2D eigenvalue weighted by Crippen LogP contribution is -2.32. The van der Waals surface area contributed by atoms with Gasteiger partial charge in [0.2, 0.25) is 0 Å². The van der Waals surface area contributed by atoms with Gasteiger partial charge in [0, 0.05) is 12.6 Å². The van der Waals surface area contributed by atoms with Gasteiger partial charge in [0.05, 0.1) is 6.10 Å². The van der Waals surface area contributed by atoms with Crippen LogP contribution in [0, 0.1) is 0 Å². The van der Waals surface area contributed by atoms with E-state index in [1.807, 2.05) is 11.9 Å². The van der Waals surface area contributed by atoms with Gasteiger partial charge in [0.1, 0.15) is 5.69 Å². The predicted molar refractivity (Wildman–Crippen MR) is 60.9 cm³/mol. The molecule has 0 radical (unpaired) electrons. The van der Waals surface area contributed by atoms with Crippen LogP contribution in [0.3, 0.4) is 0 Å². The molecule has 1 atom stereocenters. The van der Waals surface area contributed by atoms with Crippen molar-refractivity contribution in [1.29, 1.82) is 0 Å². The van der Waals surface area contributed by atoms with Crippen LogP contribution in [0.15, 0.2) is 15.7 Å². The van der Waals surface area contributed by atoms with E-state index in [-0.39, 0.29) is 12.2 Å². The number of amides is 1. The number of aliphatic hydroxyl groups excluding tert-OH is 1. The van der Waals surface area contributed by atoms with Crippen LogP contribution in [-0.2, 0) is 0 Å². The minimum absolute atomic E-state index is 0.0928. The molecule has 0 aliphatic heterocycles. The molecule has 0 aliphatic rings. The summed E-state index contributed by atoms with van der Waals surface area (Å²) in [4.78, 5) is 37.5. The van der Waals surface area contributed by atoms with Gasteiger partial charge in [-0.1, -0.05) is 6.92 Å². The molecule has 4 N–H and O–H groups in total. The van der Waals surface area contributed by atoms with Crippen molar-refractivity contribution in [2.24, 2.45) is 0 Å². The first-order chi connectivity index (χ1) is 8.02. The third kappa shape index (κ3) is 4.23. The lowest BCUT2D eigenvalue weighted by molar-refractivity contribution is 0.0936. The molecule has 0 aliphatic carbocycles. The first kappa shape index (κ1) is 13.2. The number of rotatable bonds is 5. The molecule has 17 heavy (non-hydrogen) atoms. The molecule has 0 bridgehead atoms. The maximum Gasteiger partial charge on any atom is 0.326 e. The monoisotopic (exact) mass is 241 g/mol. The number of aromatic amines is 2. The van der Waals surface area contributed by atoms with Gasteiger partial charge in [-0.2, -0.15) is 0 Å². The number of carbonyl (C=O) groups is 1. The van der Waals surface area contributed by atoms with Gasteiger partial charge in [-0.3, -0.25) is 14.6 Å². The first-order valence-electron chi connectivity index (χ1n) is 5.33. The van der Waals surface area contributed by atoms with Crippen molar-refractivity contribution in [1.82, 2.24) is 15.3 Å². The summed E-state index contributed by atoms with van der Waals surface area (Å²) >= 11 is 0. The molecule has 1 aromatic heterocycles. The molecule has 0 spiro atoms. The van der Waals surface area contributed by atoms with Gasteiger partial charge >= 0.3 is 5.69 Å². The Balaban J connectivity index is 2.58. The summed E-state index contributed by atoms with van der Waals surface area (Å²) in [7, 11) is 0. The van der Waals surface area contributed by atoms with E-state index in [2.05, 4.69) is 10.3 Å². The molecule has 0 fully saturated rings. The maximum absolute atomic E-state index is 11.5. The fraction of sp³-hybridized carbons (Fsp3) is 0.500. The van der Waals surface area contributed by atoms with Crippen LogP contribution in [0.5, 0.6) is 0 Å². The zero-order valence-electron chi connectivity index (χ0n) is 9.45. The predicted octanol–water partition coefficient (Wildman–Crippen LogP) is -1.05. The van der Waals surface area contributed by atoms with Gasteiger partial charge in [0.15, 0.2) is 0 Å². The molecule has 7 nitrogen and oxygen atoms in total. The number of H-pyrrole nitrogens is 2. The zero-order valence-corrected chi connectivity index (χ0v) is 9.45. The van der Waals surface area contributed by atoms with Crippen molar-refractivity contribution in [3.63, 3.8) is 0 Å². The molecule has 1 rings (SSSR count). The summed E-state index contributed by atoms with van der Waals surface area (Å²) in [6, 6.07) is 1.01. The van der Waals surface area contributed by atoms with E-state index < -0.39 is 23.3 Å². The van der Waals surface area contributed by atoms with Gasteiger partial charge in [-0.15, -0.1) is 0 Å². The standard InChI is InChI=1S/C10H15N3O4/c1-2-6(14)3-4-11-9(16)7-5-8(15)13-10(17)12-7/h5-6,14H,2-4H2,1H3,(H,11,16)(H2,12,13,15,17). The quantitative estimate of drug-likeness (QED) is 0.526. The molecule has 94 valence electrons. The maximum atomic E-state index is 11.5. The highest BCUT2D eigenvalue weighted by atomic mass is 16.3. The first-order valence-corrected chi connectivity index (χ1v) is 5.33. The second kappa shape index (κ2) is 6.00. The molecule has 7 heteroatoms. The largest absolute Gasteiger partial charge is 0.393 e. The normalized spacial score (nSPS) is 12.1. The molecule has 1 aromatic rings. The van der Waals surface area contributed by atoms with Crippen LogP contribution < -0.4 is 16.6 Å². The van der Waals surface area contributed by atoms with Gasteiger partial charge in [0.25, 0.3) is 11.5 Å². The number of hydrogen-bond donors (Lipinski definition) is 4. The van der Waals surface area contributed by atoms with Crippen molar-refractivity contribution >= 4 is 5.91 Å². The third-order valence-corrected chi connectivity index (χ3v) is 2.24.